The minimum atomic E-state index is 0.359. The van der Waals surface area contributed by atoms with Crippen LogP contribution in [0.15, 0.2) is 36.7 Å². The van der Waals surface area contributed by atoms with E-state index in [0.717, 1.165) is 17.0 Å². The van der Waals surface area contributed by atoms with Crippen LogP contribution in [-0.2, 0) is 5.88 Å². The van der Waals surface area contributed by atoms with E-state index in [1.165, 1.54) is 0 Å². The fourth-order valence-electron chi connectivity index (χ4n) is 1.26. The van der Waals surface area contributed by atoms with E-state index in [4.69, 9.17) is 16.3 Å². The Kier molecular flexibility index (Phi) is 3.37. The lowest BCUT2D eigenvalue weighted by Gasteiger charge is -2.04. The first-order chi connectivity index (χ1) is 7.78. The fourth-order valence-corrected chi connectivity index (χ4v) is 1.40. The number of benzene rings is 1. The highest BCUT2D eigenvalue weighted by atomic mass is 35.5. The number of aryl methyl sites for hydroxylation is 1. The van der Waals surface area contributed by atoms with Gasteiger partial charge in [-0.1, -0.05) is 12.1 Å². The predicted octanol–water partition coefficient (Wildman–Crippen LogP) is 3.32. The highest BCUT2D eigenvalue weighted by Gasteiger charge is 1.99. The number of aromatic nitrogens is 2. The van der Waals surface area contributed by atoms with Crippen molar-refractivity contribution in [3.05, 3.63) is 47.9 Å². The van der Waals surface area contributed by atoms with Crippen LogP contribution in [0, 0.1) is 6.92 Å². The van der Waals surface area contributed by atoms with Gasteiger partial charge in [-0.15, -0.1) is 11.6 Å². The van der Waals surface area contributed by atoms with Crippen LogP contribution in [0.3, 0.4) is 0 Å². The summed E-state index contributed by atoms with van der Waals surface area (Å²) in [6, 6.07) is 7.77. The lowest BCUT2D eigenvalue weighted by Crippen LogP contribution is -1.92. The Labute approximate surface area is 99.1 Å². The normalized spacial score (nSPS) is 10.1. The van der Waals surface area contributed by atoms with E-state index < -0.39 is 0 Å². The Hall–Kier alpha value is -1.61. The van der Waals surface area contributed by atoms with E-state index in [1.807, 2.05) is 31.2 Å². The van der Waals surface area contributed by atoms with Gasteiger partial charge in [0.25, 0.3) is 0 Å². The first-order valence-electron chi connectivity index (χ1n) is 4.89. The highest BCUT2D eigenvalue weighted by Crippen LogP contribution is 2.19. The maximum absolute atomic E-state index is 5.62. The van der Waals surface area contributed by atoms with E-state index in [9.17, 15) is 0 Å². The lowest BCUT2D eigenvalue weighted by molar-refractivity contribution is 0.459. The molecular weight excluding hydrogens is 224 g/mol. The second-order valence-corrected chi connectivity index (χ2v) is 3.67. The molecule has 0 aliphatic heterocycles. The first-order valence-corrected chi connectivity index (χ1v) is 5.43. The summed E-state index contributed by atoms with van der Waals surface area (Å²) in [5.41, 5.74) is 1.88. The van der Waals surface area contributed by atoms with Crippen LogP contribution >= 0.6 is 11.6 Å². The molecule has 1 aromatic carbocycles. The molecule has 0 radical (unpaired) electrons. The van der Waals surface area contributed by atoms with Crippen LogP contribution < -0.4 is 4.74 Å². The zero-order valence-electron chi connectivity index (χ0n) is 8.85. The molecule has 0 N–H and O–H groups in total. The van der Waals surface area contributed by atoms with Gasteiger partial charge in [-0.2, -0.15) is 0 Å². The van der Waals surface area contributed by atoms with Crippen molar-refractivity contribution in [3.63, 3.8) is 0 Å². The second kappa shape index (κ2) is 4.94. The molecule has 0 atom stereocenters. The van der Waals surface area contributed by atoms with Crippen molar-refractivity contribution in [2.75, 3.05) is 0 Å². The van der Waals surface area contributed by atoms with Crippen molar-refractivity contribution in [2.45, 2.75) is 12.8 Å². The van der Waals surface area contributed by atoms with Gasteiger partial charge < -0.3 is 4.74 Å². The van der Waals surface area contributed by atoms with Gasteiger partial charge >= 0.3 is 0 Å². The fraction of sp³-hybridized carbons (Fsp3) is 0.167. The maximum atomic E-state index is 5.62. The average Bonchev–Trinajstić information content (AvgIpc) is 2.30. The second-order valence-electron chi connectivity index (χ2n) is 3.40. The zero-order chi connectivity index (χ0) is 11.4. The Morgan fingerprint density at radius 3 is 2.75 bits per heavy atom. The molecule has 3 nitrogen and oxygen atoms in total. The van der Waals surface area contributed by atoms with E-state index in [1.54, 1.807) is 12.4 Å². The Morgan fingerprint density at radius 2 is 2.12 bits per heavy atom. The molecule has 0 amide bonds. The Balaban J connectivity index is 2.14. The Bertz CT molecular complexity index is 471. The zero-order valence-corrected chi connectivity index (χ0v) is 9.61. The van der Waals surface area contributed by atoms with Crippen molar-refractivity contribution in [1.29, 1.82) is 0 Å². The minimum Gasteiger partial charge on any atom is -0.437 e. The van der Waals surface area contributed by atoms with Gasteiger partial charge in [-0.25, -0.2) is 4.98 Å². The number of nitrogens with zero attached hydrogens (tertiary/aromatic N) is 2. The van der Waals surface area contributed by atoms with Gasteiger partial charge in [0.15, 0.2) is 0 Å². The number of rotatable bonds is 3. The van der Waals surface area contributed by atoms with Gasteiger partial charge in [-0.3, -0.25) is 4.98 Å². The van der Waals surface area contributed by atoms with Crippen LogP contribution in [0.5, 0.6) is 11.6 Å². The molecule has 0 aliphatic rings. The predicted molar refractivity (Wildman–Crippen MR) is 62.8 cm³/mol. The Morgan fingerprint density at radius 1 is 1.25 bits per heavy atom. The summed E-state index contributed by atoms with van der Waals surface area (Å²) in [5, 5.41) is 0. The molecule has 0 fully saturated rings. The van der Waals surface area contributed by atoms with Crippen molar-refractivity contribution in [1.82, 2.24) is 9.97 Å². The number of hydrogen-bond acceptors (Lipinski definition) is 3. The van der Waals surface area contributed by atoms with Crippen molar-refractivity contribution in [2.24, 2.45) is 0 Å². The molecule has 16 heavy (non-hydrogen) atoms. The molecule has 1 heterocycles. The molecule has 0 bridgehead atoms. The first kappa shape index (κ1) is 10.9. The maximum Gasteiger partial charge on any atom is 0.237 e. The summed E-state index contributed by atoms with van der Waals surface area (Å²) in [7, 11) is 0. The third-order valence-corrected chi connectivity index (χ3v) is 2.30. The molecule has 0 saturated carbocycles. The molecule has 0 spiro atoms. The summed E-state index contributed by atoms with van der Waals surface area (Å²) in [4.78, 5) is 8.20. The summed E-state index contributed by atoms with van der Waals surface area (Å²) in [6.45, 7) is 2.01. The largest absolute Gasteiger partial charge is 0.437 e. The highest BCUT2D eigenvalue weighted by molar-refractivity contribution is 6.16. The van der Waals surface area contributed by atoms with Crippen molar-refractivity contribution >= 4 is 11.6 Å². The quantitative estimate of drug-likeness (QED) is 0.765. The van der Waals surface area contributed by atoms with Gasteiger partial charge in [0, 0.05) is 0 Å². The monoisotopic (exact) mass is 234 g/mol. The van der Waals surface area contributed by atoms with E-state index >= 15 is 0 Å². The summed E-state index contributed by atoms with van der Waals surface area (Å²) in [5.74, 6) is 1.59. The number of ether oxygens (including phenoxy) is 1. The topological polar surface area (TPSA) is 35.0 Å². The minimum absolute atomic E-state index is 0.359. The molecule has 1 aromatic heterocycles. The molecule has 2 aromatic rings. The SMILES string of the molecule is Cc1cccc(Oc2cnc(CCl)cn2)c1. The van der Waals surface area contributed by atoms with Crippen LogP contribution in [0.25, 0.3) is 0 Å². The smallest absolute Gasteiger partial charge is 0.237 e. The van der Waals surface area contributed by atoms with Crippen LogP contribution in [0.4, 0.5) is 0 Å². The number of halogens is 1. The molecule has 4 heteroatoms. The van der Waals surface area contributed by atoms with Gasteiger partial charge in [0.05, 0.1) is 24.0 Å². The van der Waals surface area contributed by atoms with Crippen molar-refractivity contribution in [3.8, 4) is 11.6 Å². The van der Waals surface area contributed by atoms with Gasteiger partial charge in [-0.05, 0) is 24.6 Å². The number of alkyl halides is 1. The summed E-state index contributed by atoms with van der Waals surface area (Å²) >= 11 is 5.62. The number of hydrogen-bond donors (Lipinski definition) is 0. The van der Waals surface area contributed by atoms with E-state index in [-0.39, 0.29) is 0 Å². The molecule has 82 valence electrons. The lowest BCUT2D eigenvalue weighted by atomic mass is 10.2. The molecule has 0 unspecified atom stereocenters. The van der Waals surface area contributed by atoms with Gasteiger partial charge in [0.1, 0.15) is 5.75 Å². The van der Waals surface area contributed by atoms with E-state index in [0.29, 0.717) is 11.8 Å². The van der Waals surface area contributed by atoms with Crippen LogP contribution in [0.1, 0.15) is 11.3 Å². The third kappa shape index (κ3) is 2.70. The molecule has 0 saturated heterocycles. The van der Waals surface area contributed by atoms with Gasteiger partial charge in [0.2, 0.25) is 5.88 Å². The van der Waals surface area contributed by atoms with E-state index in [2.05, 4.69) is 9.97 Å². The molecule has 0 aliphatic carbocycles. The van der Waals surface area contributed by atoms with Crippen LogP contribution in [0.2, 0.25) is 0 Å². The standard InChI is InChI=1S/C12H11ClN2O/c1-9-3-2-4-11(5-9)16-12-8-14-10(6-13)7-15-12/h2-5,7-8H,6H2,1H3. The van der Waals surface area contributed by atoms with Crippen molar-refractivity contribution < 1.29 is 4.74 Å². The average molecular weight is 235 g/mol. The molecular formula is C12H11ClN2O. The molecule has 2 rings (SSSR count). The summed E-state index contributed by atoms with van der Waals surface area (Å²) in [6.07, 6.45) is 3.18. The third-order valence-electron chi connectivity index (χ3n) is 2.03. The summed E-state index contributed by atoms with van der Waals surface area (Å²) < 4.78 is 5.54. The van der Waals surface area contributed by atoms with Crippen LogP contribution in [-0.4, -0.2) is 9.97 Å².